The third kappa shape index (κ3) is 5.42. The molecule has 3 N–H and O–H groups in total. The molecule has 0 saturated carbocycles. The second-order valence-electron chi connectivity index (χ2n) is 9.18. The molecule has 0 bridgehead atoms. The standard InChI is InChI=1S/C19H34N4O4/c1-17(2,3)27-16(26)23(15(25)19(5)8-12-21-13-9-19)22-14(24)18(4)6-10-20-11-7-18/h20-21H,6-13H2,1-5H3,(H,22,24). The Hall–Kier alpha value is -1.67. The highest BCUT2D eigenvalue weighted by atomic mass is 16.6. The number of hydrogen-bond acceptors (Lipinski definition) is 6. The molecule has 2 rings (SSSR count). The van der Waals surface area contributed by atoms with E-state index in [9.17, 15) is 14.4 Å². The summed E-state index contributed by atoms with van der Waals surface area (Å²) in [5, 5.41) is 7.25. The first-order valence-corrected chi connectivity index (χ1v) is 9.77. The molecule has 3 amide bonds. The molecule has 0 spiro atoms. The lowest BCUT2D eigenvalue weighted by Crippen LogP contribution is -2.60. The van der Waals surface area contributed by atoms with Crippen molar-refractivity contribution in [2.24, 2.45) is 10.8 Å². The lowest BCUT2D eigenvalue weighted by Gasteiger charge is -2.39. The van der Waals surface area contributed by atoms with Crippen LogP contribution in [0.5, 0.6) is 0 Å². The zero-order valence-electron chi connectivity index (χ0n) is 17.2. The number of ether oxygens (including phenoxy) is 1. The molecule has 2 aliphatic heterocycles. The van der Waals surface area contributed by atoms with Crippen molar-refractivity contribution in [3.63, 3.8) is 0 Å². The van der Waals surface area contributed by atoms with Gasteiger partial charge in [0.15, 0.2) is 0 Å². The Labute approximate surface area is 161 Å². The minimum absolute atomic E-state index is 0.319. The first-order valence-electron chi connectivity index (χ1n) is 9.77. The van der Waals surface area contributed by atoms with Gasteiger partial charge in [0.1, 0.15) is 5.60 Å². The minimum atomic E-state index is -0.835. The van der Waals surface area contributed by atoms with Gasteiger partial charge < -0.3 is 15.4 Å². The number of rotatable bonds is 2. The molecule has 0 atom stereocenters. The van der Waals surface area contributed by atoms with Gasteiger partial charge in [0, 0.05) is 0 Å². The Kier molecular flexibility index (Phi) is 6.52. The summed E-state index contributed by atoms with van der Waals surface area (Å²) in [5.41, 5.74) is 0.482. The molecule has 2 heterocycles. The Morgan fingerprint density at radius 3 is 1.78 bits per heavy atom. The molecular formula is C19H34N4O4. The van der Waals surface area contributed by atoms with Gasteiger partial charge in [-0.2, -0.15) is 5.01 Å². The van der Waals surface area contributed by atoms with Crippen LogP contribution in [-0.2, 0) is 14.3 Å². The third-order valence-corrected chi connectivity index (χ3v) is 5.47. The van der Waals surface area contributed by atoms with E-state index in [2.05, 4.69) is 16.1 Å². The topological polar surface area (TPSA) is 99.8 Å². The van der Waals surface area contributed by atoms with Crippen molar-refractivity contribution in [3.8, 4) is 0 Å². The third-order valence-electron chi connectivity index (χ3n) is 5.47. The van der Waals surface area contributed by atoms with Gasteiger partial charge in [0.25, 0.3) is 5.91 Å². The fourth-order valence-corrected chi connectivity index (χ4v) is 3.39. The van der Waals surface area contributed by atoms with E-state index in [4.69, 9.17) is 4.74 Å². The monoisotopic (exact) mass is 382 g/mol. The highest BCUT2D eigenvalue weighted by Gasteiger charge is 2.44. The Bertz CT molecular complexity index is 573. The minimum Gasteiger partial charge on any atom is -0.442 e. The van der Waals surface area contributed by atoms with Crippen LogP contribution in [0.1, 0.15) is 60.3 Å². The number of imide groups is 1. The fourth-order valence-electron chi connectivity index (χ4n) is 3.39. The van der Waals surface area contributed by atoms with Crippen LogP contribution >= 0.6 is 0 Å². The Morgan fingerprint density at radius 2 is 1.33 bits per heavy atom. The zero-order chi connectivity index (χ0) is 20.3. The van der Waals surface area contributed by atoms with Crippen LogP contribution < -0.4 is 16.1 Å². The van der Waals surface area contributed by atoms with E-state index in [1.54, 1.807) is 20.8 Å². The van der Waals surface area contributed by atoms with Crippen molar-refractivity contribution >= 4 is 17.9 Å². The number of hydrazine groups is 1. The maximum atomic E-state index is 13.2. The number of nitrogens with one attached hydrogen (secondary N) is 3. The summed E-state index contributed by atoms with van der Waals surface area (Å²) in [6.07, 6.45) is 1.66. The predicted molar refractivity (Wildman–Crippen MR) is 102 cm³/mol. The lowest BCUT2D eigenvalue weighted by molar-refractivity contribution is -0.152. The molecule has 27 heavy (non-hydrogen) atoms. The van der Waals surface area contributed by atoms with Gasteiger partial charge in [0.2, 0.25) is 5.91 Å². The van der Waals surface area contributed by atoms with Crippen LogP contribution in [0.15, 0.2) is 0 Å². The van der Waals surface area contributed by atoms with E-state index in [0.29, 0.717) is 38.8 Å². The van der Waals surface area contributed by atoms with Gasteiger partial charge in [-0.05, 0) is 72.6 Å². The molecule has 8 heteroatoms. The summed E-state index contributed by atoms with van der Waals surface area (Å²) in [5.74, 6) is -0.732. The van der Waals surface area contributed by atoms with E-state index >= 15 is 0 Å². The second kappa shape index (κ2) is 8.14. The molecule has 0 aliphatic carbocycles. The molecule has 0 unspecified atom stereocenters. The summed E-state index contributed by atoms with van der Waals surface area (Å²) in [6, 6.07) is 0. The van der Waals surface area contributed by atoms with Crippen LogP contribution in [0.4, 0.5) is 4.79 Å². The highest BCUT2D eigenvalue weighted by Crippen LogP contribution is 2.32. The average molecular weight is 383 g/mol. The molecule has 2 saturated heterocycles. The molecule has 8 nitrogen and oxygen atoms in total. The van der Waals surface area contributed by atoms with Crippen molar-refractivity contribution in [2.45, 2.75) is 65.9 Å². The van der Waals surface area contributed by atoms with Crippen LogP contribution in [0.2, 0.25) is 0 Å². The van der Waals surface area contributed by atoms with Gasteiger partial charge in [0.05, 0.1) is 10.8 Å². The fraction of sp³-hybridized carbons (Fsp3) is 0.842. The van der Waals surface area contributed by atoms with E-state index in [-0.39, 0.29) is 5.91 Å². The van der Waals surface area contributed by atoms with Crippen molar-refractivity contribution < 1.29 is 19.1 Å². The second-order valence-corrected chi connectivity index (χ2v) is 9.18. The lowest BCUT2D eigenvalue weighted by atomic mass is 9.79. The summed E-state index contributed by atoms with van der Waals surface area (Å²) < 4.78 is 5.40. The van der Waals surface area contributed by atoms with Crippen molar-refractivity contribution in [1.29, 1.82) is 0 Å². The highest BCUT2D eigenvalue weighted by molar-refractivity contribution is 5.98. The van der Waals surface area contributed by atoms with Crippen molar-refractivity contribution in [1.82, 2.24) is 21.1 Å². The summed E-state index contributed by atoms with van der Waals surface area (Å²) in [6.45, 7) is 11.8. The van der Waals surface area contributed by atoms with E-state index in [1.165, 1.54) is 0 Å². The molecular weight excluding hydrogens is 348 g/mol. The first-order chi connectivity index (χ1) is 12.5. The number of amides is 3. The summed E-state index contributed by atoms with van der Waals surface area (Å²) >= 11 is 0. The molecule has 0 aromatic carbocycles. The van der Waals surface area contributed by atoms with Crippen molar-refractivity contribution in [3.05, 3.63) is 0 Å². The molecule has 0 aromatic heterocycles. The molecule has 2 aliphatic rings. The molecule has 2 fully saturated rings. The van der Waals surface area contributed by atoms with Gasteiger partial charge in [-0.15, -0.1) is 0 Å². The largest absolute Gasteiger partial charge is 0.442 e. The Morgan fingerprint density at radius 1 is 0.889 bits per heavy atom. The van der Waals surface area contributed by atoms with E-state index in [1.807, 2.05) is 13.8 Å². The number of nitrogens with zero attached hydrogens (tertiary/aromatic N) is 1. The van der Waals surface area contributed by atoms with Gasteiger partial charge in [-0.3, -0.25) is 15.0 Å². The van der Waals surface area contributed by atoms with Crippen molar-refractivity contribution in [2.75, 3.05) is 26.2 Å². The molecule has 0 aromatic rings. The van der Waals surface area contributed by atoms with E-state index < -0.39 is 28.4 Å². The van der Waals surface area contributed by atoms with Gasteiger partial charge >= 0.3 is 6.09 Å². The number of carbonyl (C=O) groups excluding carboxylic acids is 3. The zero-order valence-corrected chi connectivity index (χ0v) is 17.2. The smallest absolute Gasteiger partial charge is 0.436 e. The predicted octanol–water partition coefficient (Wildman–Crippen LogP) is 1.56. The van der Waals surface area contributed by atoms with Crippen LogP contribution in [0.3, 0.4) is 0 Å². The summed E-state index contributed by atoms with van der Waals surface area (Å²) in [4.78, 5) is 38.9. The quantitative estimate of drug-likeness (QED) is 0.627. The van der Waals surface area contributed by atoms with Crippen LogP contribution in [0, 0.1) is 10.8 Å². The average Bonchev–Trinajstić information content (AvgIpc) is 2.58. The maximum absolute atomic E-state index is 13.2. The molecule has 0 radical (unpaired) electrons. The van der Waals surface area contributed by atoms with Gasteiger partial charge in [-0.1, -0.05) is 13.8 Å². The van der Waals surface area contributed by atoms with Crippen LogP contribution in [-0.4, -0.2) is 54.7 Å². The van der Waals surface area contributed by atoms with Gasteiger partial charge in [-0.25, -0.2) is 4.79 Å². The maximum Gasteiger partial charge on any atom is 0.436 e. The van der Waals surface area contributed by atoms with Crippen LogP contribution in [0.25, 0.3) is 0 Å². The number of piperidine rings is 2. The molecule has 154 valence electrons. The summed E-state index contributed by atoms with van der Waals surface area (Å²) in [7, 11) is 0. The SMILES string of the molecule is CC(C)(C)OC(=O)N(NC(=O)C1(C)CCNCC1)C(=O)C1(C)CCNCC1. The van der Waals surface area contributed by atoms with E-state index in [0.717, 1.165) is 18.1 Å². The first kappa shape index (κ1) is 21.6. The Balaban J connectivity index is 2.22. The number of hydrogen-bond donors (Lipinski definition) is 3. The number of carbonyl (C=O) groups is 3. The normalized spacial score (nSPS) is 21.8.